The lowest BCUT2D eigenvalue weighted by atomic mass is 10.0. The summed E-state index contributed by atoms with van der Waals surface area (Å²) < 4.78 is 32.4. The molecule has 29 heavy (non-hydrogen) atoms. The van der Waals surface area contributed by atoms with Crippen molar-refractivity contribution in [3.05, 3.63) is 65.2 Å². The highest BCUT2D eigenvalue weighted by Gasteiger charge is 2.26. The Balaban J connectivity index is 1.45. The average Bonchev–Trinajstić information content (AvgIpc) is 2.71. The monoisotopic (exact) mass is 416 g/mol. The van der Waals surface area contributed by atoms with E-state index in [2.05, 4.69) is 11.4 Å². The summed E-state index contributed by atoms with van der Waals surface area (Å²) in [6.07, 6.45) is 1.19. The van der Waals surface area contributed by atoms with Gasteiger partial charge < -0.3 is 10.1 Å². The molecule has 0 saturated carbocycles. The number of fused-ring (bicyclic) bond motifs is 1. The fourth-order valence-corrected chi connectivity index (χ4v) is 4.82. The van der Waals surface area contributed by atoms with E-state index >= 15 is 0 Å². The first-order chi connectivity index (χ1) is 13.8. The maximum atomic E-state index is 12.6. The van der Waals surface area contributed by atoms with Crippen LogP contribution < -0.4 is 10.1 Å². The Morgan fingerprint density at radius 3 is 2.48 bits per heavy atom. The molecule has 1 aliphatic heterocycles. The Kier molecular flexibility index (Phi) is 6.92. The van der Waals surface area contributed by atoms with Gasteiger partial charge in [-0.1, -0.05) is 24.3 Å². The summed E-state index contributed by atoms with van der Waals surface area (Å²) in [7, 11) is -3.34. The van der Waals surface area contributed by atoms with Gasteiger partial charge in [-0.2, -0.15) is 4.31 Å². The molecule has 0 saturated heterocycles. The van der Waals surface area contributed by atoms with Crippen molar-refractivity contribution in [2.24, 2.45) is 0 Å². The lowest BCUT2D eigenvalue weighted by molar-refractivity contribution is 0.0953. The molecule has 156 valence electrons. The normalized spacial score (nSPS) is 14.4. The van der Waals surface area contributed by atoms with E-state index in [-0.39, 0.29) is 17.8 Å². The molecule has 6 nitrogen and oxygen atoms in total. The topological polar surface area (TPSA) is 75.7 Å². The maximum absolute atomic E-state index is 12.6. The first kappa shape index (κ1) is 21.3. The molecule has 0 aromatic heterocycles. The molecule has 1 heterocycles. The van der Waals surface area contributed by atoms with E-state index in [1.54, 1.807) is 28.6 Å². The van der Waals surface area contributed by atoms with Crippen LogP contribution in [0.2, 0.25) is 0 Å². The van der Waals surface area contributed by atoms with Crippen molar-refractivity contribution in [1.29, 1.82) is 0 Å². The molecule has 2 aromatic rings. The van der Waals surface area contributed by atoms with Crippen LogP contribution in [-0.2, 0) is 23.0 Å². The number of nitrogens with zero attached hydrogens (tertiary/aromatic N) is 1. The van der Waals surface area contributed by atoms with Crippen LogP contribution in [0.25, 0.3) is 0 Å². The number of ether oxygens (including phenoxy) is 1. The second kappa shape index (κ2) is 9.41. The summed E-state index contributed by atoms with van der Waals surface area (Å²) in [4.78, 5) is 12.2. The second-order valence-corrected chi connectivity index (χ2v) is 9.56. The Morgan fingerprint density at radius 1 is 1.10 bits per heavy atom. The van der Waals surface area contributed by atoms with Crippen molar-refractivity contribution >= 4 is 15.9 Å². The molecular weight excluding hydrogens is 388 g/mol. The molecule has 0 aliphatic carbocycles. The number of nitrogens with one attached hydrogen (secondary N) is 1. The lowest BCUT2D eigenvalue weighted by Crippen LogP contribution is -2.38. The minimum absolute atomic E-state index is 0.0244. The lowest BCUT2D eigenvalue weighted by Gasteiger charge is -2.28. The highest BCUT2D eigenvalue weighted by atomic mass is 32.2. The molecule has 2 aromatic carbocycles. The summed E-state index contributed by atoms with van der Waals surface area (Å²) in [6.45, 7) is 5.13. The van der Waals surface area contributed by atoms with Gasteiger partial charge in [-0.3, -0.25) is 4.79 Å². The third-order valence-electron chi connectivity index (χ3n) is 4.84. The van der Waals surface area contributed by atoms with Crippen LogP contribution in [0.4, 0.5) is 0 Å². The molecule has 3 rings (SSSR count). The van der Waals surface area contributed by atoms with Gasteiger partial charge in [0.2, 0.25) is 10.0 Å². The van der Waals surface area contributed by atoms with Gasteiger partial charge in [0.15, 0.2) is 0 Å². The zero-order chi connectivity index (χ0) is 20.9. The molecule has 0 bridgehead atoms. The fraction of sp³-hybridized carbons (Fsp3) is 0.409. The minimum Gasteiger partial charge on any atom is -0.491 e. The number of carbonyl (C=O) groups is 1. The van der Waals surface area contributed by atoms with E-state index < -0.39 is 10.0 Å². The predicted molar refractivity (Wildman–Crippen MR) is 113 cm³/mol. The van der Waals surface area contributed by atoms with Gasteiger partial charge in [0, 0.05) is 25.2 Å². The van der Waals surface area contributed by atoms with E-state index in [0.29, 0.717) is 37.4 Å². The largest absolute Gasteiger partial charge is 0.491 e. The number of amides is 1. The average molecular weight is 417 g/mol. The summed E-state index contributed by atoms with van der Waals surface area (Å²) >= 11 is 0. The van der Waals surface area contributed by atoms with E-state index in [1.807, 2.05) is 32.0 Å². The quantitative estimate of drug-likeness (QED) is 0.672. The van der Waals surface area contributed by atoms with Gasteiger partial charge in [-0.25, -0.2) is 8.42 Å². The van der Waals surface area contributed by atoms with Gasteiger partial charge in [-0.05, 0) is 62.1 Å². The summed E-state index contributed by atoms with van der Waals surface area (Å²) in [6, 6.07) is 14.9. The van der Waals surface area contributed by atoms with Gasteiger partial charge in [-0.15, -0.1) is 0 Å². The van der Waals surface area contributed by atoms with Crippen LogP contribution in [0, 0.1) is 0 Å². The van der Waals surface area contributed by atoms with Gasteiger partial charge in [0.1, 0.15) is 5.75 Å². The SMILES string of the molecule is CC(C)Oc1ccc(C(=O)NCCCS(=O)(=O)N2CCc3ccccc3C2)cc1. The van der Waals surface area contributed by atoms with Crippen LogP contribution in [0.1, 0.15) is 41.8 Å². The Bertz CT molecular complexity index is 940. The fourth-order valence-electron chi connectivity index (χ4n) is 3.35. The maximum Gasteiger partial charge on any atom is 0.251 e. The number of benzene rings is 2. The number of rotatable bonds is 8. The van der Waals surface area contributed by atoms with Crippen LogP contribution >= 0.6 is 0 Å². The van der Waals surface area contributed by atoms with E-state index in [0.717, 1.165) is 12.0 Å². The molecule has 1 amide bonds. The third kappa shape index (κ3) is 5.81. The molecule has 1 N–H and O–H groups in total. The summed E-state index contributed by atoms with van der Waals surface area (Å²) in [5.74, 6) is 0.521. The minimum atomic E-state index is -3.34. The van der Waals surface area contributed by atoms with Crippen molar-refractivity contribution in [2.45, 2.75) is 39.3 Å². The zero-order valence-corrected chi connectivity index (χ0v) is 17.7. The van der Waals surface area contributed by atoms with Crippen LogP contribution in [0.3, 0.4) is 0 Å². The molecule has 7 heteroatoms. The van der Waals surface area contributed by atoms with Gasteiger partial charge in [0.25, 0.3) is 5.91 Å². The second-order valence-electron chi connectivity index (χ2n) is 7.47. The van der Waals surface area contributed by atoms with Crippen molar-refractivity contribution in [1.82, 2.24) is 9.62 Å². The van der Waals surface area contributed by atoms with Crippen LogP contribution in [-0.4, -0.2) is 43.6 Å². The van der Waals surface area contributed by atoms with E-state index in [1.165, 1.54) is 5.56 Å². The van der Waals surface area contributed by atoms with Crippen LogP contribution in [0.5, 0.6) is 5.75 Å². The van der Waals surface area contributed by atoms with Crippen LogP contribution in [0.15, 0.2) is 48.5 Å². The molecule has 1 aliphatic rings. The zero-order valence-electron chi connectivity index (χ0n) is 16.9. The van der Waals surface area contributed by atoms with Gasteiger partial charge >= 0.3 is 0 Å². The Morgan fingerprint density at radius 2 is 1.79 bits per heavy atom. The molecular formula is C22H28N2O4S. The van der Waals surface area contributed by atoms with Gasteiger partial charge in [0.05, 0.1) is 11.9 Å². The highest BCUT2D eigenvalue weighted by Crippen LogP contribution is 2.21. The van der Waals surface area contributed by atoms with E-state index in [4.69, 9.17) is 4.74 Å². The number of carbonyl (C=O) groups excluding carboxylic acids is 1. The predicted octanol–water partition coefficient (Wildman–Crippen LogP) is 2.98. The van der Waals surface area contributed by atoms with Crippen molar-refractivity contribution in [3.63, 3.8) is 0 Å². The first-order valence-corrected chi connectivity index (χ1v) is 11.6. The standard InChI is InChI=1S/C22H28N2O4S/c1-17(2)28-21-10-8-19(9-11-21)22(25)23-13-5-15-29(26,27)24-14-12-18-6-3-4-7-20(18)16-24/h3-4,6-11,17H,5,12-16H2,1-2H3,(H,23,25). The molecule has 0 fully saturated rings. The smallest absolute Gasteiger partial charge is 0.251 e. The number of hydrogen-bond donors (Lipinski definition) is 1. The van der Waals surface area contributed by atoms with Crippen molar-refractivity contribution in [3.8, 4) is 5.75 Å². The molecule has 0 radical (unpaired) electrons. The van der Waals surface area contributed by atoms with E-state index in [9.17, 15) is 13.2 Å². The number of sulfonamides is 1. The molecule has 0 spiro atoms. The van der Waals surface area contributed by atoms with Crippen molar-refractivity contribution in [2.75, 3.05) is 18.8 Å². The number of hydrogen-bond acceptors (Lipinski definition) is 4. The first-order valence-electron chi connectivity index (χ1n) is 9.95. The molecule has 0 unspecified atom stereocenters. The summed E-state index contributed by atoms with van der Waals surface area (Å²) in [5, 5.41) is 2.79. The Hall–Kier alpha value is -2.38. The summed E-state index contributed by atoms with van der Waals surface area (Å²) in [5.41, 5.74) is 2.81. The highest BCUT2D eigenvalue weighted by molar-refractivity contribution is 7.89. The Labute approximate surface area is 172 Å². The van der Waals surface area contributed by atoms with Crippen molar-refractivity contribution < 1.29 is 17.9 Å². The molecule has 0 atom stereocenters. The third-order valence-corrected chi connectivity index (χ3v) is 6.74.